The fourth-order valence-corrected chi connectivity index (χ4v) is 8.86. The molecule has 62 heavy (non-hydrogen) atoms. The maximum Gasteiger partial charge on any atom is 0.164 e. The van der Waals surface area contributed by atoms with Crippen molar-refractivity contribution >= 4 is 43.7 Å². The van der Waals surface area contributed by atoms with Gasteiger partial charge in [0.05, 0.1) is 16.4 Å². The number of fused-ring (bicyclic) bond motifs is 7. The standard InChI is InChI=1S/C57H36N4O/c1-4-15-37(16-5-1)40-21-12-24-43(33-40)55-58-56(44-25-13-22-41(34-44)38-17-6-2-7-18-38)60-57(59-55)45-29-30-47-48-31-32-51-53(54(48)62-52(47)36-45)49-27-10-11-28-50(49)61(51)46-26-14-23-42(35-46)39-19-8-3-9-20-39/h1-36H. The lowest BCUT2D eigenvalue weighted by Gasteiger charge is -2.10. The summed E-state index contributed by atoms with van der Waals surface area (Å²) in [5.74, 6) is 1.77. The number of benzene rings is 9. The van der Waals surface area contributed by atoms with E-state index in [4.69, 9.17) is 19.4 Å². The van der Waals surface area contributed by atoms with Gasteiger partial charge in [0, 0.05) is 38.5 Å². The number of hydrogen-bond donors (Lipinski definition) is 0. The van der Waals surface area contributed by atoms with Gasteiger partial charge in [0.1, 0.15) is 11.2 Å². The maximum atomic E-state index is 6.95. The van der Waals surface area contributed by atoms with Crippen LogP contribution in [-0.2, 0) is 0 Å². The summed E-state index contributed by atoms with van der Waals surface area (Å²) >= 11 is 0. The van der Waals surface area contributed by atoms with Crippen molar-refractivity contribution in [1.82, 2.24) is 19.5 Å². The topological polar surface area (TPSA) is 56.7 Å². The molecule has 3 heterocycles. The lowest BCUT2D eigenvalue weighted by atomic mass is 10.0. The zero-order valence-electron chi connectivity index (χ0n) is 33.5. The van der Waals surface area contributed by atoms with Crippen molar-refractivity contribution < 1.29 is 4.42 Å². The summed E-state index contributed by atoms with van der Waals surface area (Å²) in [4.78, 5) is 15.5. The van der Waals surface area contributed by atoms with E-state index in [0.29, 0.717) is 17.5 Å². The monoisotopic (exact) mass is 792 g/mol. The molecule has 0 saturated carbocycles. The third kappa shape index (κ3) is 6.14. The first-order valence-corrected chi connectivity index (χ1v) is 20.8. The molecular weight excluding hydrogens is 757 g/mol. The van der Waals surface area contributed by atoms with Crippen LogP contribution < -0.4 is 0 Å². The van der Waals surface area contributed by atoms with E-state index in [9.17, 15) is 0 Å². The maximum absolute atomic E-state index is 6.95. The predicted molar refractivity (Wildman–Crippen MR) is 254 cm³/mol. The van der Waals surface area contributed by atoms with Crippen LogP contribution in [0.5, 0.6) is 0 Å². The quantitative estimate of drug-likeness (QED) is 0.161. The molecule has 9 aromatic carbocycles. The zero-order valence-corrected chi connectivity index (χ0v) is 33.5. The highest BCUT2D eigenvalue weighted by Gasteiger charge is 2.20. The van der Waals surface area contributed by atoms with Gasteiger partial charge < -0.3 is 8.98 Å². The molecule has 0 bridgehead atoms. The molecule has 0 spiro atoms. The molecule has 5 nitrogen and oxygen atoms in total. The molecule has 0 fully saturated rings. The van der Waals surface area contributed by atoms with Crippen LogP contribution in [0.1, 0.15) is 0 Å². The Balaban J connectivity index is 1.02. The molecule has 12 rings (SSSR count). The van der Waals surface area contributed by atoms with Crippen LogP contribution in [0.25, 0.3) is 117 Å². The molecule has 0 N–H and O–H groups in total. The summed E-state index contributed by atoms with van der Waals surface area (Å²) in [6.45, 7) is 0. The smallest absolute Gasteiger partial charge is 0.164 e. The van der Waals surface area contributed by atoms with Gasteiger partial charge in [-0.25, -0.2) is 15.0 Å². The fourth-order valence-electron chi connectivity index (χ4n) is 8.86. The Hall–Kier alpha value is -8.41. The van der Waals surface area contributed by atoms with Gasteiger partial charge in [0.15, 0.2) is 17.5 Å². The third-order valence-corrected chi connectivity index (χ3v) is 11.8. The van der Waals surface area contributed by atoms with E-state index in [0.717, 1.165) is 88.4 Å². The minimum absolute atomic E-state index is 0.572. The van der Waals surface area contributed by atoms with Crippen LogP contribution in [0.4, 0.5) is 0 Å². The molecule has 0 aliphatic heterocycles. The van der Waals surface area contributed by atoms with Gasteiger partial charge in [-0.05, 0) is 88.0 Å². The van der Waals surface area contributed by atoms with E-state index >= 15 is 0 Å². The van der Waals surface area contributed by atoms with E-state index in [-0.39, 0.29) is 0 Å². The molecule has 5 heteroatoms. The molecule has 0 amide bonds. The first-order valence-electron chi connectivity index (χ1n) is 20.8. The number of para-hydroxylation sites is 1. The number of furan rings is 1. The van der Waals surface area contributed by atoms with Crippen LogP contribution in [0.3, 0.4) is 0 Å². The van der Waals surface area contributed by atoms with Gasteiger partial charge in [-0.1, -0.05) is 164 Å². The Kier molecular flexibility index (Phi) is 8.42. The SMILES string of the molecule is c1ccc(-c2cccc(-c3nc(-c4cccc(-c5ccccc5)c4)nc(-c4ccc5c(c4)oc4c5ccc5c4c4ccccc4n5-c4cccc(-c5ccccc5)c4)n3)c2)cc1. The summed E-state index contributed by atoms with van der Waals surface area (Å²) in [6, 6.07) is 76.2. The summed E-state index contributed by atoms with van der Waals surface area (Å²) in [7, 11) is 0. The normalized spacial score (nSPS) is 11.5. The van der Waals surface area contributed by atoms with Crippen molar-refractivity contribution in [2.45, 2.75) is 0 Å². The van der Waals surface area contributed by atoms with Crippen LogP contribution in [-0.4, -0.2) is 19.5 Å². The van der Waals surface area contributed by atoms with E-state index in [1.54, 1.807) is 0 Å². The molecule has 0 saturated heterocycles. The second-order valence-electron chi connectivity index (χ2n) is 15.6. The molecule has 0 aliphatic rings. The number of nitrogens with zero attached hydrogens (tertiary/aromatic N) is 4. The Bertz CT molecular complexity index is 3530. The Morgan fingerprint density at radius 1 is 0.306 bits per heavy atom. The van der Waals surface area contributed by atoms with E-state index in [1.165, 1.54) is 11.1 Å². The van der Waals surface area contributed by atoms with E-state index in [1.807, 2.05) is 12.1 Å². The predicted octanol–water partition coefficient (Wildman–Crippen LogP) is 14.9. The van der Waals surface area contributed by atoms with Crippen LogP contribution >= 0.6 is 0 Å². The molecule has 12 aromatic rings. The number of hydrogen-bond acceptors (Lipinski definition) is 4. The van der Waals surface area contributed by atoms with Crippen molar-refractivity contribution in [1.29, 1.82) is 0 Å². The van der Waals surface area contributed by atoms with Crippen LogP contribution in [0.15, 0.2) is 223 Å². The molecule has 0 unspecified atom stereocenters. The minimum atomic E-state index is 0.572. The van der Waals surface area contributed by atoms with Crippen molar-refractivity contribution in [3.8, 4) is 73.2 Å². The number of rotatable bonds is 7. The first-order chi connectivity index (χ1) is 30.7. The second-order valence-corrected chi connectivity index (χ2v) is 15.6. The summed E-state index contributed by atoms with van der Waals surface area (Å²) in [5.41, 5.74) is 14.4. The minimum Gasteiger partial charge on any atom is -0.455 e. The average Bonchev–Trinajstić information content (AvgIpc) is 3.90. The molecular formula is C57H36N4O. The highest BCUT2D eigenvalue weighted by Crippen LogP contribution is 2.42. The van der Waals surface area contributed by atoms with Gasteiger partial charge in [-0.2, -0.15) is 0 Å². The Morgan fingerprint density at radius 3 is 1.37 bits per heavy atom. The highest BCUT2D eigenvalue weighted by molar-refractivity contribution is 6.24. The van der Waals surface area contributed by atoms with Gasteiger partial charge >= 0.3 is 0 Å². The van der Waals surface area contributed by atoms with Gasteiger partial charge in [0.25, 0.3) is 0 Å². The third-order valence-electron chi connectivity index (χ3n) is 11.8. The summed E-state index contributed by atoms with van der Waals surface area (Å²) in [6.07, 6.45) is 0. The molecule has 3 aromatic heterocycles. The number of aromatic nitrogens is 4. The van der Waals surface area contributed by atoms with Gasteiger partial charge in [0.2, 0.25) is 0 Å². The largest absolute Gasteiger partial charge is 0.455 e. The van der Waals surface area contributed by atoms with Crippen molar-refractivity contribution in [3.05, 3.63) is 218 Å². The Morgan fingerprint density at radius 2 is 0.774 bits per heavy atom. The fraction of sp³-hybridized carbons (Fsp3) is 0. The van der Waals surface area contributed by atoms with Crippen molar-refractivity contribution in [2.24, 2.45) is 0 Å². The second kappa shape index (κ2) is 14.7. The van der Waals surface area contributed by atoms with Crippen LogP contribution in [0, 0.1) is 0 Å². The molecule has 0 radical (unpaired) electrons. The van der Waals surface area contributed by atoms with E-state index < -0.39 is 0 Å². The average molecular weight is 793 g/mol. The highest BCUT2D eigenvalue weighted by atomic mass is 16.3. The molecule has 0 atom stereocenters. The van der Waals surface area contributed by atoms with Crippen molar-refractivity contribution in [2.75, 3.05) is 0 Å². The van der Waals surface area contributed by atoms with Crippen molar-refractivity contribution in [3.63, 3.8) is 0 Å². The lowest BCUT2D eigenvalue weighted by Crippen LogP contribution is -2.00. The molecule has 0 aliphatic carbocycles. The zero-order chi connectivity index (χ0) is 41.0. The van der Waals surface area contributed by atoms with Crippen LogP contribution in [0.2, 0.25) is 0 Å². The van der Waals surface area contributed by atoms with Gasteiger partial charge in [-0.3, -0.25) is 0 Å². The lowest BCUT2D eigenvalue weighted by molar-refractivity contribution is 0.673. The summed E-state index contributed by atoms with van der Waals surface area (Å²) in [5, 5.41) is 4.32. The summed E-state index contributed by atoms with van der Waals surface area (Å²) < 4.78 is 9.30. The molecule has 290 valence electrons. The first kappa shape index (κ1) is 35.5. The van der Waals surface area contributed by atoms with E-state index in [2.05, 4.69) is 211 Å². The van der Waals surface area contributed by atoms with Gasteiger partial charge in [-0.15, -0.1) is 0 Å². The Labute approximate surface area is 357 Å².